The fraction of sp³-hybridized carbons (Fsp3) is 0.143. The first-order chi connectivity index (χ1) is 9.61. The maximum absolute atomic E-state index is 11.5. The average molecular weight is 291 g/mol. The number of thiophene rings is 1. The van der Waals surface area contributed by atoms with E-state index in [4.69, 9.17) is 4.74 Å². The Hall–Kier alpha value is -2.18. The molecule has 1 amide bonds. The predicted molar refractivity (Wildman–Crippen MR) is 77.2 cm³/mol. The van der Waals surface area contributed by atoms with Crippen molar-refractivity contribution in [3.8, 4) is 10.4 Å². The second kappa shape index (κ2) is 6.31. The van der Waals surface area contributed by atoms with Gasteiger partial charge >= 0.3 is 5.97 Å². The molecule has 2 rings (SSSR count). The summed E-state index contributed by atoms with van der Waals surface area (Å²) in [6.45, 7) is -0.115. The Labute approximate surface area is 119 Å². The number of amides is 1. The molecule has 0 saturated carbocycles. The molecule has 6 heteroatoms. The number of methoxy groups -OCH3 is 1. The molecule has 0 unspecified atom stereocenters. The van der Waals surface area contributed by atoms with E-state index in [0.29, 0.717) is 5.69 Å². The van der Waals surface area contributed by atoms with Crippen molar-refractivity contribution in [2.45, 2.75) is 0 Å². The number of hydrogen-bond donors (Lipinski definition) is 2. The summed E-state index contributed by atoms with van der Waals surface area (Å²) >= 11 is 1.13. The topological polar surface area (TPSA) is 75.6 Å². The van der Waals surface area contributed by atoms with Gasteiger partial charge in [0.2, 0.25) is 5.91 Å². The number of benzene rings is 1. The SMILES string of the molecule is COCC(=O)Nc1cc(-c2ccccc2)sc1C(=O)O. The summed E-state index contributed by atoms with van der Waals surface area (Å²) in [6.07, 6.45) is 0. The van der Waals surface area contributed by atoms with Gasteiger partial charge < -0.3 is 15.2 Å². The van der Waals surface area contributed by atoms with Crippen LogP contribution >= 0.6 is 11.3 Å². The van der Waals surface area contributed by atoms with Gasteiger partial charge in [-0.3, -0.25) is 4.79 Å². The van der Waals surface area contributed by atoms with Crippen molar-refractivity contribution in [3.05, 3.63) is 41.3 Å². The van der Waals surface area contributed by atoms with Gasteiger partial charge in [0.1, 0.15) is 11.5 Å². The molecule has 1 aromatic carbocycles. The van der Waals surface area contributed by atoms with Gasteiger partial charge in [-0.15, -0.1) is 11.3 Å². The van der Waals surface area contributed by atoms with E-state index in [-0.39, 0.29) is 17.4 Å². The van der Waals surface area contributed by atoms with Gasteiger partial charge in [-0.25, -0.2) is 4.79 Å². The standard InChI is InChI=1S/C14H13NO4S/c1-19-8-12(16)15-10-7-11(20-13(10)14(17)18)9-5-3-2-4-6-9/h2-7H,8H2,1H3,(H,15,16)(H,17,18). The van der Waals surface area contributed by atoms with E-state index in [9.17, 15) is 14.7 Å². The number of nitrogens with one attached hydrogen (secondary N) is 1. The highest BCUT2D eigenvalue weighted by molar-refractivity contribution is 7.18. The molecule has 0 aliphatic rings. The molecule has 0 atom stereocenters. The summed E-state index contributed by atoms with van der Waals surface area (Å²) in [6, 6.07) is 11.1. The van der Waals surface area contributed by atoms with E-state index in [2.05, 4.69) is 5.32 Å². The molecule has 5 nitrogen and oxygen atoms in total. The van der Waals surface area contributed by atoms with Crippen LogP contribution in [0.3, 0.4) is 0 Å². The van der Waals surface area contributed by atoms with Gasteiger partial charge in [0.15, 0.2) is 0 Å². The monoisotopic (exact) mass is 291 g/mol. The first kappa shape index (κ1) is 14.2. The summed E-state index contributed by atoms with van der Waals surface area (Å²) in [5, 5.41) is 11.7. The Bertz CT molecular complexity index is 621. The van der Waals surface area contributed by atoms with E-state index >= 15 is 0 Å². The summed E-state index contributed by atoms with van der Waals surface area (Å²) in [7, 11) is 1.40. The summed E-state index contributed by atoms with van der Waals surface area (Å²) in [5.41, 5.74) is 1.20. The number of rotatable bonds is 5. The van der Waals surface area contributed by atoms with Crippen LogP contribution in [0.5, 0.6) is 0 Å². The van der Waals surface area contributed by atoms with Crippen molar-refractivity contribution in [1.29, 1.82) is 0 Å². The van der Waals surface area contributed by atoms with Crippen LogP contribution in [0.4, 0.5) is 5.69 Å². The van der Waals surface area contributed by atoms with Gasteiger partial charge in [0, 0.05) is 12.0 Å². The largest absolute Gasteiger partial charge is 0.477 e. The average Bonchev–Trinajstić information content (AvgIpc) is 2.84. The van der Waals surface area contributed by atoms with Gasteiger partial charge in [-0.2, -0.15) is 0 Å². The van der Waals surface area contributed by atoms with Crippen LogP contribution in [0.1, 0.15) is 9.67 Å². The Morgan fingerprint density at radius 1 is 1.30 bits per heavy atom. The molecule has 0 fully saturated rings. The highest BCUT2D eigenvalue weighted by Gasteiger charge is 2.17. The highest BCUT2D eigenvalue weighted by Crippen LogP contribution is 2.34. The second-order valence-electron chi connectivity index (χ2n) is 4.01. The molecule has 2 aromatic rings. The van der Waals surface area contributed by atoms with E-state index in [1.54, 1.807) is 6.07 Å². The Morgan fingerprint density at radius 3 is 2.60 bits per heavy atom. The molecule has 0 spiro atoms. The van der Waals surface area contributed by atoms with E-state index < -0.39 is 5.97 Å². The molecule has 0 saturated heterocycles. The van der Waals surface area contributed by atoms with Crippen molar-refractivity contribution >= 4 is 28.9 Å². The minimum absolute atomic E-state index is 0.105. The number of hydrogen-bond acceptors (Lipinski definition) is 4. The fourth-order valence-corrected chi connectivity index (χ4v) is 2.66. The summed E-state index contributed by atoms with van der Waals surface area (Å²) in [5.74, 6) is -1.45. The Morgan fingerprint density at radius 2 is 2.00 bits per heavy atom. The molecule has 0 bridgehead atoms. The zero-order chi connectivity index (χ0) is 14.5. The molecule has 0 radical (unpaired) electrons. The summed E-state index contributed by atoms with van der Waals surface area (Å²) < 4.78 is 4.71. The van der Waals surface area contributed by atoms with Crippen molar-refractivity contribution in [3.63, 3.8) is 0 Å². The number of carboxylic acids is 1. The molecule has 104 valence electrons. The number of aromatic carboxylic acids is 1. The lowest BCUT2D eigenvalue weighted by Gasteiger charge is -2.02. The van der Waals surface area contributed by atoms with Gasteiger partial charge in [0.05, 0.1) is 5.69 Å². The lowest BCUT2D eigenvalue weighted by molar-refractivity contribution is -0.119. The first-order valence-electron chi connectivity index (χ1n) is 5.83. The fourth-order valence-electron chi connectivity index (χ4n) is 1.70. The molecule has 1 aromatic heterocycles. The van der Waals surface area contributed by atoms with E-state index in [0.717, 1.165) is 21.8 Å². The number of ether oxygens (including phenoxy) is 1. The van der Waals surface area contributed by atoms with Crippen molar-refractivity contribution in [1.82, 2.24) is 0 Å². The molecule has 2 N–H and O–H groups in total. The maximum Gasteiger partial charge on any atom is 0.348 e. The lowest BCUT2D eigenvalue weighted by atomic mass is 10.2. The number of carbonyl (C=O) groups is 2. The highest BCUT2D eigenvalue weighted by atomic mass is 32.1. The third-order valence-corrected chi connectivity index (χ3v) is 3.71. The van der Waals surface area contributed by atoms with Crippen LogP contribution < -0.4 is 5.32 Å². The minimum atomic E-state index is -1.06. The van der Waals surface area contributed by atoms with Gasteiger partial charge in [-0.1, -0.05) is 30.3 Å². The third-order valence-electron chi connectivity index (χ3n) is 2.53. The second-order valence-corrected chi connectivity index (χ2v) is 5.06. The van der Waals surface area contributed by atoms with Crippen molar-refractivity contribution in [2.24, 2.45) is 0 Å². The Kier molecular flexibility index (Phi) is 4.49. The molecule has 1 heterocycles. The van der Waals surface area contributed by atoms with Crippen LogP contribution in [-0.4, -0.2) is 30.7 Å². The predicted octanol–water partition coefficient (Wildman–Crippen LogP) is 2.70. The Balaban J connectivity index is 2.34. The van der Waals surface area contributed by atoms with Crippen LogP contribution in [-0.2, 0) is 9.53 Å². The lowest BCUT2D eigenvalue weighted by Crippen LogP contribution is -2.18. The van der Waals surface area contributed by atoms with E-state index in [1.165, 1.54) is 7.11 Å². The number of anilines is 1. The number of carbonyl (C=O) groups excluding carboxylic acids is 1. The van der Waals surface area contributed by atoms with Crippen molar-refractivity contribution in [2.75, 3.05) is 19.0 Å². The zero-order valence-electron chi connectivity index (χ0n) is 10.8. The normalized spacial score (nSPS) is 10.2. The molecule has 0 aliphatic carbocycles. The van der Waals surface area contributed by atoms with E-state index in [1.807, 2.05) is 30.3 Å². The summed E-state index contributed by atoms with van der Waals surface area (Å²) in [4.78, 5) is 23.6. The van der Waals surface area contributed by atoms with Gasteiger partial charge in [-0.05, 0) is 11.6 Å². The maximum atomic E-state index is 11.5. The third kappa shape index (κ3) is 3.23. The smallest absolute Gasteiger partial charge is 0.348 e. The molecular weight excluding hydrogens is 278 g/mol. The number of carboxylic acid groups (broad SMARTS) is 1. The van der Waals surface area contributed by atoms with Crippen LogP contribution in [0.25, 0.3) is 10.4 Å². The molecule has 20 heavy (non-hydrogen) atoms. The van der Waals surface area contributed by atoms with Crippen LogP contribution in [0.2, 0.25) is 0 Å². The minimum Gasteiger partial charge on any atom is -0.477 e. The molecular formula is C14H13NO4S. The van der Waals surface area contributed by atoms with Crippen LogP contribution in [0.15, 0.2) is 36.4 Å². The zero-order valence-corrected chi connectivity index (χ0v) is 11.6. The first-order valence-corrected chi connectivity index (χ1v) is 6.65. The quantitative estimate of drug-likeness (QED) is 0.888. The molecule has 0 aliphatic heterocycles. The van der Waals surface area contributed by atoms with Gasteiger partial charge in [0.25, 0.3) is 0 Å². The van der Waals surface area contributed by atoms with Crippen molar-refractivity contribution < 1.29 is 19.4 Å². The van der Waals surface area contributed by atoms with Crippen LogP contribution in [0, 0.1) is 0 Å².